The summed E-state index contributed by atoms with van der Waals surface area (Å²) in [5.41, 5.74) is 6.00. The summed E-state index contributed by atoms with van der Waals surface area (Å²) in [4.78, 5) is 9.72. The maximum absolute atomic E-state index is 12.2. The van der Waals surface area contributed by atoms with Crippen molar-refractivity contribution >= 4 is 21.4 Å². The van der Waals surface area contributed by atoms with Gasteiger partial charge in [0, 0.05) is 17.8 Å². The molecule has 1 aromatic heterocycles. The topological polar surface area (TPSA) is 144 Å². The molecule has 0 aliphatic rings. The number of nitrogen functional groups attached to an aromatic ring is 1. The van der Waals surface area contributed by atoms with E-state index in [0.29, 0.717) is 11.3 Å². The van der Waals surface area contributed by atoms with Gasteiger partial charge in [-0.05, 0) is 19.1 Å². The molecule has 9 nitrogen and oxygen atoms in total. The fourth-order valence-electron chi connectivity index (χ4n) is 1.76. The first-order valence-electron chi connectivity index (χ1n) is 5.84. The van der Waals surface area contributed by atoms with Gasteiger partial charge < -0.3 is 5.73 Å². The number of nitrogens with one attached hydrogen (secondary N) is 2. The molecule has 0 aliphatic carbocycles. The largest absolute Gasteiger partial charge is 0.393 e. The summed E-state index contributed by atoms with van der Waals surface area (Å²) in [5, 5.41) is 17.4. The molecule has 1 heterocycles. The van der Waals surface area contributed by atoms with Crippen molar-refractivity contribution in [3.63, 3.8) is 0 Å². The van der Waals surface area contributed by atoms with Gasteiger partial charge in [-0.2, -0.15) is 5.10 Å². The number of aryl methyl sites for hydroxylation is 1. The molecule has 0 radical (unpaired) electrons. The minimum Gasteiger partial charge on any atom is -0.393 e. The smallest absolute Gasteiger partial charge is 0.312 e. The van der Waals surface area contributed by atoms with Crippen molar-refractivity contribution in [2.24, 2.45) is 0 Å². The predicted molar refractivity (Wildman–Crippen MR) is 74.9 cm³/mol. The molecule has 21 heavy (non-hydrogen) atoms. The third kappa shape index (κ3) is 3.01. The van der Waals surface area contributed by atoms with E-state index in [1.165, 1.54) is 18.3 Å². The Balaban J connectivity index is 2.34. The summed E-state index contributed by atoms with van der Waals surface area (Å²) in [6, 6.07) is 3.76. The highest BCUT2D eigenvalue weighted by Crippen LogP contribution is 2.29. The number of nitrogens with two attached hydrogens (primary N) is 1. The number of nitro benzene ring substituents is 1. The van der Waals surface area contributed by atoms with Crippen LogP contribution in [0.4, 0.5) is 11.4 Å². The van der Waals surface area contributed by atoms with Gasteiger partial charge in [0.1, 0.15) is 5.69 Å². The fourth-order valence-corrected chi connectivity index (χ4v) is 2.96. The Bertz CT molecular complexity index is 784. The van der Waals surface area contributed by atoms with Gasteiger partial charge in [0.25, 0.3) is 0 Å². The second-order valence-corrected chi connectivity index (χ2v) is 6.03. The van der Waals surface area contributed by atoms with Crippen molar-refractivity contribution in [3.8, 4) is 0 Å². The number of aromatic nitrogens is 2. The molecule has 112 valence electrons. The Morgan fingerprint density at radius 3 is 2.76 bits per heavy atom. The van der Waals surface area contributed by atoms with E-state index >= 15 is 0 Å². The first kappa shape index (κ1) is 14.9. The van der Waals surface area contributed by atoms with E-state index in [0.717, 1.165) is 6.07 Å². The van der Waals surface area contributed by atoms with E-state index in [2.05, 4.69) is 14.9 Å². The van der Waals surface area contributed by atoms with Crippen LogP contribution in [0.15, 0.2) is 29.3 Å². The number of hydrogen-bond acceptors (Lipinski definition) is 6. The van der Waals surface area contributed by atoms with E-state index in [9.17, 15) is 18.5 Å². The number of rotatable bonds is 5. The van der Waals surface area contributed by atoms with Crippen LogP contribution in [0, 0.1) is 17.0 Å². The fraction of sp³-hybridized carbons (Fsp3) is 0.182. The van der Waals surface area contributed by atoms with Crippen LogP contribution in [0.1, 0.15) is 11.3 Å². The lowest BCUT2D eigenvalue weighted by molar-refractivity contribution is -0.386. The quantitative estimate of drug-likeness (QED) is 0.421. The molecule has 2 rings (SSSR count). The first-order valence-corrected chi connectivity index (χ1v) is 7.32. The van der Waals surface area contributed by atoms with Gasteiger partial charge in [-0.15, -0.1) is 0 Å². The van der Waals surface area contributed by atoms with Gasteiger partial charge in [-0.25, -0.2) is 13.1 Å². The molecule has 0 saturated carbocycles. The molecule has 0 amide bonds. The van der Waals surface area contributed by atoms with Crippen LogP contribution < -0.4 is 10.5 Å². The van der Waals surface area contributed by atoms with E-state index in [-0.39, 0.29) is 12.2 Å². The molecule has 0 fully saturated rings. The molecular weight excluding hydrogens is 298 g/mol. The first-order chi connectivity index (χ1) is 9.83. The number of aromatic amines is 1. The summed E-state index contributed by atoms with van der Waals surface area (Å²) in [5.74, 6) is 0. The van der Waals surface area contributed by atoms with Crippen molar-refractivity contribution in [1.29, 1.82) is 0 Å². The van der Waals surface area contributed by atoms with Gasteiger partial charge in [0.2, 0.25) is 10.0 Å². The van der Waals surface area contributed by atoms with E-state index in [4.69, 9.17) is 5.73 Å². The number of nitro groups is 1. The highest BCUT2D eigenvalue weighted by Gasteiger charge is 2.27. The molecule has 0 aliphatic heterocycles. The van der Waals surface area contributed by atoms with Crippen molar-refractivity contribution in [1.82, 2.24) is 14.9 Å². The van der Waals surface area contributed by atoms with Gasteiger partial charge in [0.15, 0.2) is 4.90 Å². The zero-order valence-corrected chi connectivity index (χ0v) is 11.8. The van der Waals surface area contributed by atoms with Crippen molar-refractivity contribution < 1.29 is 13.3 Å². The summed E-state index contributed by atoms with van der Waals surface area (Å²) >= 11 is 0. The summed E-state index contributed by atoms with van der Waals surface area (Å²) < 4.78 is 26.7. The lowest BCUT2D eigenvalue weighted by atomic mass is 10.3. The van der Waals surface area contributed by atoms with E-state index < -0.39 is 25.5 Å². The summed E-state index contributed by atoms with van der Waals surface area (Å²) in [6.45, 7) is 1.70. The van der Waals surface area contributed by atoms with Crippen LogP contribution in [0.3, 0.4) is 0 Å². The van der Waals surface area contributed by atoms with Gasteiger partial charge in [-0.3, -0.25) is 15.2 Å². The summed E-state index contributed by atoms with van der Waals surface area (Å²) in [6.07, 6.45) is 1.48. The van der Waals surface area contributed by atoms with E-state index in [1.54, 1.807) is 6.92 Å². The molecule has 10 heteroatoms. The van der Waals surface area contributed by atoms with Crippen molar-refractivity contribution in [2.75, 3.05) is 5.73 Å². The standard InChI is InChI=1S/C11H13N5O4S/c1-7-8(5-13-15-7)6-14-21(19,20)10-4-2-3-9(12)11(10)16(17)18/h2-5,14H,6,12H2,1H3,(H,13,15). The molecule has 2 aromatic rings. The second-order valence-electron chi connectivity index (χ2n) is 4.30. The molecule has 1 aromatic carbocycles. The van der Waals surface area contributed by atoms with Crippen LogP contribution in [-0.4, -0.2) is 23.5 Å². The third-order valence-corrected chi connectivity index (χ3v) is 4.32. The number of benzene rings is 1. The highest BCUT2D eigenvalue weighted by molar-refractivity contribution is 7.89. The molecule has 0 bridgehead atoms. The zero-order valence-electron chi connectivity index (χ0n) is 11.0. The lowest BCUT2D eigenvalue weighted by Gasteiger charge is -2.08. The predicted octanol–water partition coefficient (Wildman–Crippen LogP) is 0.687. The van der Waals surface area contributed by atoms with Crippen molar-refractivity contribution in [2.45, 2.75) is 18.4 Å². The molecule has 0 spiro atoms. The lowest BCUT2D eigenvalue weighted by Crippen LogP contribution is -2.24. The third-order valence-electron chi connectivity index (χ3n) is 2.89. The highest BCUT2D eigenvalue weighted by atomic mass is 32.2. The van der Waals surface area contributed by atoms with Gasteiger partial charge in [-0.1, -0.05) is 6.07 Å². The van der Waals surface area contributed by atoms with Crippen LogP contribution in [-0.2, 0) is 16.6 Å². The Kier molecular flexibility index (Phi) is 3.91. The van der Waals surface area contributed by atoms with Gasteiger partial charge >= 0.3 is 5.69 Å². The Morgan fingerprint density at radius 1 is 1.48 bits per heavy atom. The van der Waals surface area contributed by atoms with Crippen LogP contribution in [0.5, 0.6) is 0 Å². The number of H-pyrrole nitrogens is 1. The zero-order chi connectivity index (χ0) is 15.6. The average molecular weight is 311 g/mol. The Morgan fingerprint density at radius 2 is 2.19 bits per heavy atom. The van der Waals surface area contributed by atoms with Crippen LogP contribution in [0.2, 0.25) is 0 Å². The number of sulfonamides is 1. The monoisotopic (exact) mass is 311 g/mol. The average Bonchev–Trinajstić information content (AvgIpc) is 2.81. The molecule has 0 unspecified atom stereocenters. The Hall–Kier alpha value is -2.46. The van der Waals surface area contributed by atoms with E-state index in [1.807, 2.05) is 0 Å². The Labute approximate surface area is 120 Å². The number of hydrogen-bond donors (Lipinski definition) is 3. The summed E-state index contributed by atoms with van der Waals surface area (Å²) in [7, 11) is -4.06. The minimum absolute atomic E-state index is 0.0311. The van der Waals surface area contributed by atoms with Crippen molar-refractivity contribution in [3.05, 3.63) is 45.8 Å². The maximum atomic E-state index is 12.2. The molecular formula is C11H13N5O4S. The molecule has 4 N–H and O–H groups in total. The normalized spacial score (nSPS) is 11.5. The molecule has 0 atom stereocenters. The number of anilines is 1. The van der Waals surface area contributed by atoms with Gasteiger partial charge in [0.05, 0.1) is 11.1 Å². The van der Waals surface area contributed by atoms with Crippen LogP contribution >= 0.6 is 0 Å². The number of nitrogens with zero attached hydrogens (tertiary/aromatic N) is 2. The SMILES string of the molecule is Cc1[nH]ncc1CNS(=O)(=O)c1cccc(N)c1[N+](=O)[O-]. The molecule has 0 saturated heterocycles. The maximum Gasteiger partial charge on any atom is 0.312 e. The number of para-hydroxylation sites is 1. The van der Waals surface area contributed by atoms with Crippen LogP contribution in [0.25, 0.3) is 0 Å². The minimum atomic E-state index is -4.06. The second kappa shape index (κ2) is 5.50.